The Kier molecular flexibility index (Phi) is 7.15. The van der Waals surface area contributed by atoms with Crippen molar-refractivity contribution in [3.63, 3.8) is 0 Å². The molecule has 0 saturated heterocycles. The molecule has 0 aromatic heterocycles. The fraction of sp³-hybridized carbons (Fsp3) is 0.350. The number of carbonyl (C=O) groups is 1. The van der Waals surface area contributed by atoms with E-state index in [0.29, 0.717) is 0 Å². The van der Waals surface area contributed by atoms with Crippen LogP contribution in [0.2, 0.25) is 0 Å². The largest absolute Gasteiger partial charge is 0.348 e. The SMILES string of the molecule is CCc1ccc([C@@H](C)NC(=O)CN(c2ccc(F)cc2)S(=O)(=O)N(C)C)cc1. The van der Waals surface area contributed by atoms with Gasteiger partial charge in [-0.15, -0.1) is 0 Å². The van der Waals surface area contributed by atoms with Crippen LogP contribution in [-0.2, 0) is 21.4 Å². The summed E-state index contributed by atoms with van der Waals surface area (Å²) in [5.74, 6) is -0.943. The topological polar surface area (TPSA) is 69.7 Å². The summed E-state index contributed by atoms with van der Waals surface area (Å²) >= 11 is 0. The normalized spacial score (nSPS) is 12.6. The van der Waals surface area contributed by atoms with E-state index in [9.17, 15) is 17.6 Å². The number of anilines is 1. The smallest absolute Gasteiger partial charge is 0.304 e. The van der Waals surface area contributed by atoms with Gasteiger partial charge in [0.25, 0.3) is 0 Å². The summed E-state index contributed by atoms with van der Waals surface area (Å²) in [6.45, 7) is 3.49. The molecule has 1 amide bonds. The van der Waals surface area contributed by atoms with Crippen molar-refractivity contribution in [3.05, 3.63) is 65.5 Å². The molecular weight excluding hydrogens is 381 g/mol. The van der Waals surface area contributed by atoms with Crippen LogP contribution in [0.5, 0.6) is 0 Å². The zero-order valence-electron chi connectivity index (χ0n) is 16.5. The number of aryl methyl sites for hydroxylation is 1. The van der Waals surface area contributed by atoms with Crippen LogP contribution in [0.4, 0.5) is 10.1 Å². The molecule has 0 aliphatic carbocycles. The third-order valence-electron chi connectivity index (χ3n) is 4.41. The Morgan fingerprint density at radius 1 is 1.07 bits per heavy atom. The van der Waals surface area contributed by atoms with E-state index < -0.39 is 28.5 Å². The average molecular weight is 408 g/mol. The summed E-state index contributed by atoms with van der Waals surface area (Å²) in [6, 6.07) is 12.6. The summed E-state index contributed by atoms with van der Waals surface area (Å²) in [5, 5.41) is 2.82. The lowest BCUT2D eigenvalue weighted by Crippen LogP contribution is -2.46. The van der Waals surface area contributed by atoms with Crippen molar-refractivity contribution in [1.82, 2.24) is 9.62 Å². The van der Waals surface area contributed by atoms with Gasteiger partial charge in [-0.05, 0) is 48.7 Å². The molecule has 1 atom stereocenters. The predicted octanol–water partition coefficient (Wildman–Crippen LogP) is 2.88. The van der Waals surface area contributed by atoms with Crippen LogP contribution >= 0.6 is 0 Å². The van der Waals surface area contributed by atoms with Gasteiger partial charge in [0.05, 0.1) is 11.7 Å². The first-order valence-corrected chi connectivity index (χ1v) is 10.4. The summed E-state index contributed by atoms with van der Waals surface area (Å²) in [4.78, 5) is 12.6. The standard InChI is InChI=1S/C20H26FN3O3S/c1-5-16-6-8-17(9-7-16)15(2)22-20(25)14-24(28(26,27)23(3)4)19-12-10-18(21)11-13-19/h6-13,15H,5,14H2,1-4H3,(H,22,25)/t15-/m1/s1. The molecule has 28 heavy (non-hydrogen) atoms. The van der Waals surface area contributed by atoms with E-state index in [4.69, 9.17) is 0 Å². The molecule has 0 spiro atoms. The average Bonchev–Trinajstić information content (AvgIpc) is 2.66. The highest BCUT2D eigenvalue weighted by Gasteiger charge is 2.27. The van der Waals surface area contributed by atoms with Crippen LogP contribution < -0.4 is 9.62 Å². The number of nitrogens with one attached hydrogen (secondary N) is 1. The van der Waals surface area contributed by atoms with Crippen molar-refractivity contribution in [2.24, 2.45) is 0 Å². The van der Waals surface area contributed by atoms with Crippen molar-refractivity contribution in [1.29, 1.82) is 0 Å². The molecule has 6 nitrogen and oxygen atoms in total. The Labute approximate surface area is 166 Å². The minimum atomic E-state index is -3.93. The van der Waals surface area contributed by atoms with Gasteiger partial charge in [-0.25, -0.2) is 8.70 Å². The first-order chi connectivity index (χ1) is 13.1. The molecule has 2 aromatic rings. The number of rotatable bonds is 8. The maximum atomic E-state index is 13.2. The van der Waals surface area contributed by atoms with E-state index in [2.05, 4.69) is 12.2 Å². The van der Waals surface area contributed by atoms with Crippen LogP contribution in [0.15, 0.2) is 48.5 Å². The van der Waals surface area contributed by atoms with Crippen LogP contribution in [0.3, 0.4) is 0 Å². The van der Waals surface area contributed by atoms with Crippen molar-refractivity contribution in [3.8, 4) is 0 Å². The highest BCUT2D eigenvalue weighted by Crippen LogP contribution is 2.20. The van der Waals surface area contributed by atoms with E-state index in [1.807, 2.05) is 31.2 Å². The number of halogens is 1. The fourth-order valence-electron chi connectivity index (χ4n) is 2.65. The van der Waals surface area contributed by atoms with Gasteiger partial charge in [-0.2, -0.15) is 12.7 Å². The van der Waals surface area contributed by atoms with E-state index in [1.54, 1.807) is 0 Å². The molecule has 0 saturated carbocycles. The Morgan fingerprint density at radius 2 is 1.64 bits per heavy atom. The summed E-state index contributed by atoms with van der Waals surface area (Å²) in [5.41, 5.74) is 2.33. The lowest BCUT2D eigenvalue weighted by molar-refractivity contribution is -0.120. The van der Waals surface area contributed by atoms with E-state index in [1.165, 1.54) is 31.8 Å². The van der Waals surface area contributed by atoms with Gasteiger partial charge in [0.2, 0.25) is 5.91 Å². The van der Waals surface area contributed by atoms with Crippen molar-refractivity contribution in [2.75, 3.05) is 24.9 Å². The van der Waals surface area contributed by atoms with E-state index in [-0.39, 0.29) is 11.7 Å². The van der Waals surface area contributed by atoms with Gasteiger partial charge < -0.3 is 5.32 Å². The number of benzene rings is 2. The van der Waals surface area contributed by atoms with Gasteiger partial charge in [-0.1, -0.05) is 31.2 Å². The van der Waals surface area contributed by atoms with Gasteiger partial charge >= 0.3 is 10.2 Å². The molecule has 0 aliphatic heterocycles. The first-order valence-electron chi connectivity index (χ1n) is 8.99. The number of amides is 1. The third kappa shape index (κ3) is 5.30. The zero-order chi connectivity index (χ0) is 20.9. The number of carbonyl (C=O) groups excluding carboxylic acids is 1. The molecular formula is C20H26FN3O3S. The fourth-order valence-corrected chi connectivity index (χ4v) is 3.72. The van der Waals surface area contributed by atoms with Gasteiger partial charge in [0.1, 0.15) is 12.4 Å². The predicted molar refractivity (Wildman–Crippen MR) is 109 cm³/mol. The number of nitrogens with zero attached hydrogens (tertiary/aromatic N) is 2. The maximum absolute atomic E-state index is 13.2. The minimum absolute atomic E-state index is 0.213. The molecule has 8 heteroatoms. The number of hydrogen-bond acceptors (Lipinski definition) is 3. The second-order valence-electron chi connectivity index (χ2n) is 6.66. The minimum Gasteiger partial charge on any atom is -0.348 e. The van der Waals surface area contributed by atoms with Gasteiger partial charge in [0.15, 0.2) is 0 Å². The second kappa shape index (κ2) is 9.16. The Morgan fingerprint density at radius 3 is 2.14 bits per heavy atom. The summed E-state index contributed by atoms with van der Waals surface area (Å²) in [6.07, 6.45) is 0.927. The highest BCUT2D eigenvalue weighted by atomic mass is 32.2. The van der Waals surface area contributed by atoms with Gasteiger partial charge in [-0.3, -0.25) is 4.79 Å². The van der Waals surface area contributed by atoms with Gasteiger partial charge in [0, 0.05) is 14.1 Å². The monoisotopic (exact) mass is 407 g/mol. The van der Waals surface area contributed by atoms with Crippen molar-refractivity contribution < 1.29 is 17.6 Å². The molecule has 0 aliphatic rings. The molecule has 2 rings (SSSR count). The quantitative estimate of drug-likeness (QED) is 0.732. The van der Waals surface area contributed by atoms with Crippen molar-refractivity contribution >= 4 is 21.8 Å². The van der Waals surface area contributed by atoms with E-state index in [0.717, 1.165) is 32.7 Å². The van der Waals surface area contributed by atoms with E-state index >= 15 is 0 Å². The second-order valence-corrected chi connectivity index (χ2v) is 8.72. The molecule has 0 bridgehead atoms. The molecule has 2 aromatic carbocycles. The van der Waals surface area contributed by atoms with Crippen molar-refractivity contribution in [2.45, 2.75) is 26.3 Å². The number of hydrogen-bond donors (Lipinski definition) is 1. The molecule has 0 heterocycles. The Hall–Kier alpha value is -2.45. The third-order valence-corrected chi connectivity index (χ3v) is 6.23. The highest BCUT2D eigenvalue weighted by molar-refractivity contribution is 7.90. The molecule has 0 radical (unpaired) electrons. The van der Waals surface area contributed by atoms with Crippen LogP contribution in [0.25, 0.3) is 0 Å². The van der Waals surface area contributed by atoms with Crippen LogP contribution in [-0.4, -0.2) is 39.3 Å². The zero-order valence-corrected chi connectivity index (χ0v) is 17.3. The summed E-state index contributed by atoms with van der Waals surface area (Å²) in [7, 11) is -1.17. The Balaban J connectivity index is 2.18. The van der Waals surface area contributed by atoms with Crippen LogP contribution in [0, 0.1) is 5.82 Å². The summed E-state index contributed by atoms with van der Waals surface area (Å²) < 4.78 is 40.5. The maximum Gasteiger partial charge on any atom is 0.304 e. The molecule has 152 valence electrons. The Bertz CT molecular complexity index is 897. The first kappa shape index (κ1) is 21.8. The van der Waals surface area contributed by atoms with Crippen LogP contribution in [0.1, 0.15) is 31.0 Å². The molecule has 0 unspecified atom stereocenters. The molecule has 0 fully saturated rings. The molecule has 1 N–H and O–H groups in total. The lowest BCUT2D eigenvalue weighted by Gasteiger charge is -2.27. The lowest BCUT2D eigenvalue weighted by atomic mass is 10.1.